The van der Waals surface area contributed by atoms with Crippen molar-refractivity contribution in [3.05, 3.63) is 35.4 Å². The fourth-order valence-electron chi connectivity index (χ4n) is 4.07. The van der Waals surface area contributed by atoms with E-state index in [4.69, 9.17) is 0 Å². The van der Waals surface area contributed by atoms with Crippen LogP contribution in [0.5, 0.6) is 0 Å². The molecule has 5 nitrogen and oxygen atoms in total. The number of piperazine rings is 2. The van der Waals surface area contributed by atoms with Crippen molar-refractivity contribution < 1.29 is 13.6 Å². The molecule has 0 aliphatic carbocycles. The highest BCUT2D eigenvalue weighted by Crippen LogP contribution is 2.28. The first kappa shape index (κ1) is 20.2. The highest BCUT2D eigenvalue weighted by molar-refractivity contribution is 5.76. The molecule has 1 N–H and O–H groups in total. The zero-order chi connectivity index (χ0) is 19.2. The highest BCUT2D eigenvalue weighted by atomic mass is 19.1. The second-order valence-corrected chi connectivity index (χ2v) is 7.35. The molecule has 2 fully saturated rings. The van der Waals surface area contributed by atoms with E-state index in [0.29, 0.717) is 12.0 Å². The highest BCUT2D eigenvalue weighted by Gasteiger charge is 2.26. The summed E-state index contributed by atoms with van der Waals surface area (Å²) in [6, 6.07) is 3.84. The number of halogens is 2. The normalized spacial score (nSPS) is 20.6. The molecule has 2 aliphatic rings. The molecule has 1 atom stereocenters. The fraction of sp³-hybridized carbons (Fsp3) is 0.650. The van der Waals surface area contributed by atoms with E-state index in [-0.39, 0.29) is 11.9 Å². The van der Waals surface area contributed by atoms with Gasteiger partial charge in [0.15, 0.2) is 0 Å². The van der Waals surface area contributed by atoms with Gasteiger partial charge in [0, 0.05) is 83.0 Å². The number of hydrogen-bond acceptors (Lipinski definition) is 4. The molecule has 0 saturated carbocycles. The van der Waals surface area contributed by atoms with E-state index in [9.17, 15) is 13.6 Å². The zero-order valence-electron chi connectivity index (χ0n) is 16.1. The van der Waals surface area contributed by atoms with Crippen molar-refractivity contribution in [3.63, 3.8) is 0 Å². The molecular formula is C20H30F2N4O. The van der Waals surface area contributed by atoms with Gasteiger partial charge in [0.1, 0.15) is 11.6 Å². The van der Waals surface area contributed by atoms with Crippen molar-refractivity contribution in [3.8, 4) is 0 Å². The first-order valence-corrected chi connectivity index (χ1v) is 9.98. The van der Waals surface area contributed by atoms with E-state index in [0.717, 1.165) is 71.4 Å². The van der Waals surface area contributed by atoms with Gasteiger partial charge in [0.2, 0.25) is 5.91 Å². The van der Waals surface area contributed by atoms with Crippen LogP contribution >= 0.6 is 0 Å². The van der Waals surface area contributed by atoms with Crippen LogP contribution in [-0.4, -0.2) is 79.5 Å². The minimum Gasteiger partial charge on any atom is -0.340 e. The van der Waals surface area contributed by atoms with Crippen LogP contribution in [-0.2, 0) is 4.79 Å². The number of hydrogen-bond donors (Lipinski definition) is 1. The molecule has 3 rings (SSSR count). The first-order valence-electron chi connectivity index (χ1n) is 9.98. The van der Waals surface area contributed by atoms with Gasteiger partial charge >= 0.3 is 0 Å². The van der Waals surface area contributed by atoms with Crippen LogP contribution in [0, 0.1) is 11.6 Å². The summed E-state index contributed by atoms with van der Waals surface area (Å²) in [4.78, 5) is 18.8. The number of carbonyl (C=O) groups is 1. The van der Waals surface area contributed by atoms with E-state index in [1.54, 1.807) is 6.07 Å². The summed E-state index contributed by atoms with van der Waals surface area (Å²) in [5.74, 6) is -0.769. The van der Waals surface area contributed by atoms with Crippen molar-refractivity contribution in [2.45, 2.75) is 25.8 Å². The largest absolute Gasteiger partial charge is 0.340 e. The van der Waals surface area contributed by atoms with Gasteiger partial charge < -0.3 is 15.1 Å². The molecule has 27 heavy (non-hydrogen) atoms. The lowest BCUT2D eigenvalue weighted by Gasteiger charge is -2.39. The van der Waals surface area contributed by atoms with Crippen molar-refractivity contribution >= 4 is 5.91 Å². The number of benzene rings is 1. The average Bonchev–Trinajstić information content (AvgIpc) is 2.70. The predicted octanol–water partition coefficient (Wildman–Crippen LogP) is 1.86. The summed E-state index contributed by atoms with van der Waals surface area (Å²) in [5.41, 5.74) is 0.571. The number of nitrogens with one attached hydrogen (secondary N) is 1. The summed E-state index contributed by atoms with van der Waals surface area (Å²) in [6.07, 6.45) is 1.34. The van der Waals surface area contributed by atoms with Crippen molar-refractivity contribution in [1.82, 2.24) is 20.0 Å². The lowest BCUT2D eigenvalue weighted by molar-refractivity contribution is -0.132. The Morgan fingerprint density at radius 1 is 1.11 bits per heavy atom. The molecule has 1 unspecified atom stereocenters. The lowest BCUT2D eigenvalue weighted by atomic mass is 10.0. The summed E-state index contributed by atoms with van der Waals surface area (Å²) in [5, 5.41) is 3.26. The van der Waals surface area contributed by atoms with Crippen LogP contribution in [0.3, 0.4) is 0 Å². The van der Waals surface area contributed by atoms with Crippen molar-refractivity contribution in [1.29, 1.82) is 0 Å². The van der Waals surface area contributed by atoms with Gasteiger partial charge in [-0.25, -0.2) is 8.78 Å². The van der Waals surface area contributed by atoms with Crippen LogP contribution in [0.25, 0.3) is 0 Å². The second kappa shape index (κ2) is 9.57. The van der Waals surface area contributed by atoms with Crippen molar-refractivity contribution in [2.75, 3.05) is 58.9 Å². The molecule has 2 heterocycles. The van der Waals surface area contributed by atoms with E-state index < -0.39 is 11.6 Å². The first-order chi connectivity index (χ1) is 13.1. The maximum absolute atomic E-state index is 14.2. The van der Waals surface area contributed by atoms with E-state index in [2.05, 4.69) is 15.1 Å². The Morgan fingerprint density at radius 3 is 2.44 bits per heavy atom. The van der Waals surface area contributed by atoms with Gasteiger partial charge in [0.05, 0.1) is 0 Å². The van der Waals surface area contributed by atoms with Crippen LogP contribution in [0.1, 0.15) is 31.4 Å². The summed E-state index contributed by atoms with van der Waals surface area (Å²) in [6.45, 7) is 9.56. The Hall–Kier alpha value is -1.57. The lowest BCUT2D eigenvalue weighted by Crippen LogP contribution is -2.50. The topological polar surface area (TPSA) is 38.8 Å². The summed E-state index contributed by atoms with van der Waals surface area (Å²) >= 11 is 0. The summed E-state index contributed by atoms with van der Waals surface area (Å²) in [7, 11) is 0. The van der Waals surface area contributed by atoms with Gasteiger partial charge in [-0.05, 0) is 12.5 Å². The molecule has 0 radical (unpaired) electrons. The Balaban J connectivity index is 1.48. The maximum Gasteiger partial charge on any atom is 0.223 e. The fourth-order valence-corrected chi connectivity index (χ4v) is 4.07. The average molecular weight is 380 g/mol. The van der Waals surface area contributed by atoms with Gasteiger partial charge in [-0.15, -0.1) is 0 Å². The van der Waals surface area contributed by atoms with Gasteiger partial charge in [-0.1, -0.05) is 13.0 Å². The monoisotopic (exact) mass is 380 g/mol. The van der Waals surface area contributed by atoms with Gasteiger partial charge in [-0.2, -0.15) is 0 Å². The van der Waals surface area contributed by atoms with E-state index in [1.165, 1.54) is 6.07 Å². The quantitative estimate of drug-likeness (QED) is 0.818. The van der Waals surface area contributed by atoms with Crippen LogP contribution < -0.4 is 5.32 Å². The molecule has 2 aliphatic heterocycles. The van der Waals surface area contributed by atoms with Gasteiger partial charge in [0.25, 0.3) is 0 Å². The minimum atomic E-state index is -0.537. The molecule has 1 aromatic carbocycles. The maximum atomic E-state index is 14.2. The predicted molar refractivity (Wildman–Crippen MR) is 101 cm³/mol. The van der Waals surface area contributed by atoms with Gasteiger partial charge in [-0.3, -0.25) is 9.69 Å². The number of amides is 1. The molecule has 2 saturated heterocycles. The molecule has 0 bridgehead atoms. The van der Waals surface area contributed by atoms with Crippen LogP contribution in [0.2, 0.25) is 0 Å². The molecule has 1 aromatic rings. The Morgan fingerprint density at radius 2 is 1.81 bits per heavy atom. The van der Waals surface area contributed by atoms with E-state index >= 15 is 0 Å². The van der Waals surface area contributed by atoms with Crippen LogP contribution in [0.4, 0.5) is 8.78 Å². The Kier molecular flexibility index (Phi) is 7.15. The molecule has 0 spiro atoms. The number of rotatable bonds is 6. The smallest absolute Gasteiger partial charge is 0.223 e. The van der Waals surface area contributed by atoms with Crippen molar-refractivity contribution in [2.24, 2.45) is 0 Å². The standard InChI is InChI=1S/C20H30F2N4O/c1-2-19(17-4-3-16(21)15-18(17)22)25-13-11-24(12-14-25)8-5-20(27)26-9-6-23-7-10-26/h3-4,15,19,23H,2,5-14H2,1H3. The molecular weight excluding hydrogens is 350 g/mol. The Bertz CT molecular complexity index is 628. The molecule has 0 aromatic heterocycles. The third-order valence-corrected chi connectivity index (χ3v) is 5.67. The third-order valence-electron chi connectivity index (χ3n) is 5.67. The molecule has 1 amide bonds. The molecule has 7 heteroatoms. The van der Waals surface area contributed by atoms with E-state index in [1.807, 2.05) is 11.8 Å². The number of nitrogens with zero attached hydrogens (tertiary/aromatic N) is 3. The zero-order valence-corrected chi connectivity index (χ0v) is 16.1. The van der Waals surface area contributed by atoms with Crippen LogP contribution in [0.15, 0.2) is 18.2 Å². The molecule has 150 valence electrons. The summed E-state index contributed by atoms with van der Waals surface area (Å²) < 4.78 is 27.4. The third kappa shape index (κ3) is 5.24. The Labute approximate surface area is 160 Å². The second-order valence-electron chi connectivity index (χ2n) is 7.35. The minimum absolute atomic E-state index is 0.0322. The number of carbonyl (C=O) groups excluding carboxylic acids is 1. The SMILES string of the molecule is CCC(c1ccc(F)cc1F)N1CCN(CCC(=O)N2CCNCC2)CC1.